The van der Waals surface area contributed by atoms with Crippen molar-refractivity contribution in [2.75, 3.05) is 13.2 Å². The summed E-state index contributed by atoms with van der Waals surface area (Å²) < 4.78 is 17.9. The number of fused-ring (bicyclic) bond motifs is 1. The Morgan fingerprint density at radius 1 is 1.37 bits per heavy atom. The van der Waals surface area contributed by atoms with Crippen LogP contribution >= 0.6 is 0 Å². The molecule has 0 saturated carbocycles. The summed E-state index contributed by atoms with van der Waals surface area (Å²) >= 11 is 0. The summed E-state index contributed by atoms with van der Waals surface area (Å²) in [6.07, 6.45) is 0.663. The van der Waals surface area contributed by atoms with E-state index < -0.39 is 21.6 Å². The number of nitrogens with zero attached hydrogens (tertiary/aromatic N) is 2. The zero-order valence-electron chi connectivity index (χ0n) is 10.5. The van der Waals surface area contributed by atoms with Crippen LogP contribution in [0.3, 0.4) is 0 Å². The molecule has 1 aromatic carbocycles. The van der Waals surface area contributed by atoms with Crippen molar-refractivity contribution in [1.82, 2.24) is 0 Å². The van der Waals surface area contributed by atoms with Gasteiger partial charge >= 0.3 is 5.97 Å². The third-order valence-electron chi connectivity index (χ3n) is 3.58. The van der Waals surface area contributed by atoms with Crippen LogP contribution in [-0.2, 0) is 20.3 Å². The molecule has 2 heterocycles. The lowest BCUT2D eigenvalue weighted by atomic mass is 9.95. The van der Waals surface area contributed by atoms with Crippen molar-refractivity contribution < 1.29 is 13.7 Å². The van der Waals surface area contributed by atoms with Crippen LogP contribution in [0.25, 0.3) is 0 Å². The predicted octanol–water partition coefficient (Wildman–Crippen LogP) is 1.83. The summed E-state index contributed by atoms with van der Waals surface area (Å²) in [4.78, 5) is 11.4. The minimum absolute atomic E-state index is 0.115. The SMILES string of the molecule is Cc1ccc(S(=O)[C@@]23N=NC[C@@H]2CCOC3=O)cc1. The van der Waals surface area contributed by atoms with Crippen LogP contribution in [0.4, 0.5) is 0 Å². The van der Waals surface area contributed by atoms with Gasteiger partial charge in [0.1, 0.15) is 0 Å². The molecule has 0 bridgehead atoms. The number of rotatable bonds is 2. The molecular weight excluding hydrogens is 264 g/mol. The molecule has 0 aliphatic carbocycles. The first-order valence-electron chi connectivity index (χ1n) is 6.19. The number of hydrogen-bond acceptors (Lipinski definition) is 5. The largest absolute Gasteiger partial charge is 0.463 e. The van der Waals surface area contributed by atoms with E-state index in [1.54, 1.807) is 12.1 Å². The van der Waals surface area contributed by atoms with Gasteiger partial charge in [-0.3, -0.25) is 4.21 Å². The van der Waals surface area contributed by atoms with Crippen LogP contribution in [0.15, 0.2) is 39.4 Å². The molecule has 3 atom stereocenters. The fraction of sp³-hybridized carbons (Fsp3) is 0.462. The number of esters is 1. The van der Waals surface area contributed by atoms with Crippen molar-refractivity contribution in [3.05, 3.63) is 29.8 Å². The van der Waals surface area contributed by atoms with Gasteiger partial charge in [-0.25, -0.2) is 4.79 Å². The molecule has 2 aliphatic rings. The lowest BCUT2D eigenvalue weighted by Crippen LogP contribution is -2.51. The molecule has 0 N–H and O–H groups in total. The van der Waals surface area contributed by atoms with Gasteiger partial charge in [-0.15, -0.1) is 0 Å². The Morgan fingerprint density at radius 2 is 2.11 bits per heavy atom. The summed E-state index contributed by atoms with van der Waals surface area (Å²) in [5, 5.41) is 7.96. The van der Waals surface area contributed by atoms with E-state index in [2.05, 4.69) is 10.2 Å². The third-order valence-corrected chi connectivity index (χ3v) is 5.43. The molecule has 1 saturated heterocycles. The summed E-state index contributed by atoms with van der Waals surface area (Å²) in [6.45, 7) is 2.77. The highest BCUT2D eigenvalue weighted by Gasteiger charge is 2.58. The van der Waals surface area contributed by atoms with Gasteiger partial charge in [0, 0.05) is 10.8 Å². The lowest BCUT2D eigenvalue weighted by Gasteiger charge is -2.32. The summed E-state index contributed by atoms with van der Waals surface area (Å²) in [7, 11) is -1.57. The van der Waals surface area contributed by atoms with E-state index in [9.17, 15) is 9.00 Å². The van der Waals surface area contributed by atoms with E-state index in [0.29, 0.717) is 24.5 Å². The first-order valence-corrected chi connectivity index (χ1v) is 7.34. The molecule has 0 aromatic heterocycles. The highest BCUT2D eigenvalue weighted by Crippen LogP contribution is 2.41. The molecule has 2 aliphatic heterocycles. The number of hydrogen-bond donors (Lipinski definition) is 0. The Bertz CT molecular complexity index is 570. The van der Waals surface area contributed by atoms with Gasteiger partial charge in [-0.2, -0.15) is 10.2 Å². The number of carbonyl (C=O) groups is 1. The van der Waals surface area contributed by atoms with Crippen molar-refractivity contribution in [2.45, 2.75) is 23.1 Å². The number of ether oxygens (including phenoxy) is 1. The molecule has 1 aromatic rings. The van der Waals surface area contributed by atoms with E-state index in [-0.39, 0.29) is 5.92 Å². The normalized spacial score (nSPS) is 30.8. The van der Waals surface area contributed by atoms with Crippen LogP contribution < -0.4 is 0 Å². The molecule has 19 heavy (non-hydrogen) atoms. The molecule has 1 unspecified atom stereocenters. The highest BCUT2D eigenvalue weighted by molar-refractivity contribution is 7.87. The summed E-state index contributed by atoms with van der Waals surface area (Å²) in [6, 6.07) is 7.29. The van der Waals surface area contributed by atoms with E-state index in [1.165, 1.54) is 0 Å². The summed E-state index contributed by atoms with van der Waals surface area (Å²) in [5.74, 6) is -0.625. The van der Waals surface area contributed by atoms with Crippen LogP contribution in [0.1, 0.15) is 12.0 Å². The molecule has 100 valence electrons. The number of cyclic esters (lactones) is 1. The zero-order chi connectivity index (χ0) is 13.5. The monoisotopic (exact) mass is 278 g/mol. The van der Waals surface area contributed by atoms with Gasteiger partial charge in [0.2, 0.25) is 0 Å². The molecule has 0 amide bonds. The van der Waals surface area contributed by atoms with Crippen LogP contribution in [-0.4, -0.2) is 28.2 Å². The molecule has 0 spiro atoms. The first-order chi connectivity index (χ1) is 9.14. The molecular formula is C13H14N2O3S. The standard InChI is InChI=1S/C13H14N2O3S/c1-9-2-4-11(5-3-9)19(17)13-10(8-14-15-13)6-7-18-12(13)16/h2-5,10H,6-8H2,1H3/t10-,13-,19?/m0/s1. The second kappa shape index (κ2) is 4.52. The van der Waals surface area contributed by atoms with Gasteiger partial charge in [-0.1, -0.05) is 17.7 Å². The van der Waals surface area contributed by atoms with Crippen LogP contribution in [0.2, 0.25) is 0 Å². The first kappa shape index (κ1) is 12.5. The maximum absolute atomic E-state index is 12.8. The van der Waals surface area contributed by atoms with Crippen molar-refractivity contribution in [3.63, 3.8) is 0 Å². The molecule has 6 heteroatoms. The van der Waals surface area contributed by atoms with E-state index in [4.69, 9.17) is 4.74 Å². The van der Waals surface area contributed by atoms with E-state index >= 15 is 0 Å². The Balaban J connectivity index is 2.03. The number of carbonyl (C=O) groups excluding carboxylic acids is 1. The van der Waals surface area contributed by atoms with Gasteiger partial charge in [0.15, 0.2) is 0 Å². The second-order valence-electron chi connectivity index (χ2n) is 4.82. The topological polar surface area (TPSA) is 68.1 Å². The van der Waals surface area contributed by atoms with Gasteiger partial charge in [0.05, 0.1) is 24.0 Å². The Kier molecular flexibility index (Phi) is 2.97. The second-order valence-corrected chi connectivity index (χ2v) is 6.45. The van der Waals surface area contributed by atoms with Gasteiger partial charge in [0.25, 0.3) is 4.87 Å². The van der Waals surface area contributed by atoms with Crippen molar-refractivity contribution in [1.29, 1.82) is 0 Å². The predicted molar refractivity (Wildman–Crippen MR) is 69.1 cm³/mol. The summed E-state index contributed by atoms with van der Waals surface area (Å²) in [5.41, 5.74) is 1.08. The Labute approximate surface area is 113 Å². The smallest absolute Gasteiger partial charge is 0.349 e. The fourth-order valence-corrected chi connectivity index (χ4v) is 4.03. The molecule has 0 radical (unpaired) electrons. The van der Waals surface area contributed by atoms with Crippen molar-refractivity contribution in [2.24, 2.45) is 16.1 Å². The molecule has 3 rings (SSSR count). The quantitative estimate of drug-likeness (QED) is 0.775. The molecule has 1 fully saturated rings. The van der Waals surface area contributed by atoms with Gasteiger partial charge < -0.3 is 4.74 Å². The van der Waals surface area contributed by atoms with Gasteiger partial charge in [-0.05, 0) is 25.5 Å². The highest BCUT2D eigenvalue weighted by atomic mass is 32.2. The van der Waals surface area contributed by atoms with E-state index in [1.807, 2.05) is 19.1 Å². The third kappa shape index (κ3) is 1.82. The van der Waals surface area contributed by atoms with E-state index in [0.717, 1.165) is 5.56 Å². The number of benzene rings is 1. The average Bonchev–Trinajstić information content (AvgIpc) is 2.85. The minimum atomic E-state index is -1.57. The van der Waals surface area contributed by atoms with Crippen LogP contribution in [0, 0.1) is 12.8 Å². The Hall–Kier alpha value is -1.56. The maximum atomic E-state index is 12.8. The van der Waals surface area contributed by atoms with Crippen molar-refractivity contribution in [3.8, 4) is 0 Å². The average molecular weight is 278 g/mol. The minimum Gasteiger partial charge on any atom is -0.463 e. The zero-order valence-corrected chi connectivity index (χ0v) is 11.4. The van der Waals surface area contributed by atoms with Crippen LogP contribution in [0.5, 0.6) is 0 Å². The lowest BCUT2D eigenvalue weighted by molar-refractivity contribution is -0.152. The Morgan fingerprint density at radius 3 is 2.84 bits per heavy atom. The molecule has 5 nitrogen and oxygen atoms in total. The fourth-order valence-electron chi connectivity index (χ4n) is 2.45. The number of aryl methyl sites for hydroxylation is 1. The number of azo groups is 1. The van der Waals surface area contributed by atoms with Crippen molar-refractivity contribution >= 4 is 16.8 Å². The maximum Gasteiger partial charge on any atom is 0.349 e.